The minimum atomic E-state index is -0.385. The zero-order chi connectivity index (χ0) is 15.7. The second kappa shape index (κ2) is 5.64. The summed E-state index contributed by atoms with van der Waals surface area (Å²) in [7, 11) is 0. The first kappa shape index (κ1) is 14.3. The van der Waals surface area contributed by atoms with E-state index in [-0.39, 0.29) is 18.4 Å². The highest BCUT2D eigenvalue weighted by molar-refractivity contribution is 5.96. The third kappa shape index (κ3) is 2.72. The Morgan fingerprint density at radius 3 is 2.59 bits per heavy atom. The van der Waals surface area contributed by atoms with Crippen LogP contribution in [-0.2, 0) is 11.3 Å². The summed E-state index contributed by atoms with van der Waals surface area (Å²) in [6, 6.07) is 11.4. The highest BCUT2D eigenvalue weighted by atomic mass is 19.1. The van der Waals surface area contributed by atoms with Gasteiger partial charge in [0.15, 0.2) is 0 Å². The van der Waals surface area contributed by atoms with E-state index in [4.69, 9.17) is 4.74 Å². The van der Waals surface area contributed by atoms with Crippen LogP contribution in [0.5, 0.6) is 0 Å². The number of carbonyl (C=O) groups is 1. The molecule has 0 amide bonds. The summed E-state index contributed by atoms with van der Waals surface area (Å²) in [5, 5.41) is 1.02. The van der Waals surface area contributed by atoms with E-state index >= 15 is 0 Å². The molecule has 1 heterocycles. The molecule has 1 N–H and O–H groups in total. The topological polar surface area (TPSA) is 42.1 Å². The minimum absolute atomic E-state index is 0.127. The molecule has 0 saturated carbocycles. The minimum Gasteiger partial charge on any atom is -0.457 e. The summed E-state index contributed by atoms with van der Waals surface area (Å²) >= 11 is 0. The molecule has 0 atom stereocenters. The third-order valence-corrected chi connectivity index (χ3v) is 3.83. The quantitative estimate of drug-likeness (QED) is 0.733. The lowest BCUT2D eigenvalue weighted by Gasteiger charge is -2.05. The number of ether oxygens (including phenoxy) is 1. The molecule has 0 fully saturated rings. The van der Waals surface area contributed by atoms with E-state index in [0.29, 0.717) is 5.56 Å². The van der Waals surface area contributed by atoms with Gasteiger partial charge in [0, 0.05) is 16.6 Å². The second-order valence-corrected chi connectivity index (χ2v) is 5.34. The van der Waals surface area contributed by atoms with Gasteiger partial charge in [-0.25, -0.2) is 9.18 Å². The standard InChI is InChI=1S/C18H16FNO2/c1-11-12(2)20-17-8-5-14(9-16(11)17)18(21)22-10-13-3-6-15(19)7-4-13/h3-9,20H,10H2,1-2H3. The number of fused-ring (bicyclic) bond motifs is 1. The first-order valence-electron chi connectivity index (χ1n) is 7.05. The molecule has 3 nitrogen and oxygen atoms in total. The van der Waals surface area contributed by atoms with Crippen LogP contribution in [0.1, 0.15) is 27.2 Å². The van der Waals surface area contributed by atoms with Crippen molar-refractivity contribution >= 4 is 16.9 Å². The van der Waals surface area contributed by atoms with E-state index in [9.17, 15) is 9.18 Å². The molecule has 0 aliphatic rings. The number of carbonyl (C=O) groups excluding carboxylic acids is 1. The van der Waals surface area contributed by atoms with Crippen LogP contribution in [0.4, 0.5) is 4.39 Å². The molecular formula is C18H16FNO2. The largest absolute Gasteiger partial charge is 0.457 e. The number of hydrogen-bond donors (Lipinski definition) is 1. The number of aryl methyl sites for hydroxylation is 2. The Morgan fingerprint density at radius 1 is 1.14 bits per heavy atom. The van der Waals surface area contributed by atoms with Crippen molar-refractivity contribution in [3.8, 4) is 0 Å². The van der Waals surface area contributed by atoms with Gasteiger partial charge in [-0.05, 0) is 55.3 Å². The van der Waals surface area contributed by atoms with Crippen molar-refractivity contribution in [2.45, 2.75) is 20.5 Å². The molecule has 1 aromatic heterocycles. The van der Waals surface area contributed by atoms with E-state index in [1.807, 2.05) is 26.0 Å². The summed E-state index contributed by atoms with van der Waals surface area (Å²) in [6.45, 7) is 4.14. The highest BCUT2D eigenvalue weighted by Crippen LogP contribution is 2.22. The van der Waals surface area contributed by atoms with Gasteiger partial charge in [-0.3, -0.25) is 0 Å². The predicted molar refractivity (Wildman–Crippen MR) is 83.3 cm³/mol. The van der Waals surface area contributed by atoms with Gasteiger partial charge in [0.25, 0.3) is 0 Å². The van der Waals surface area contributed by atoms with E-state index in [0.717, 1.165) is 27.7 Å². The Labute approximate surface area is 127 Å². The monoisotopic (exact) mass is 297 g/mol. The number of nitrogens with one attached hydrogen (secondary N) is 1. The number of aromatic nitrogens is 1. The van der Waals surface area contributed by atoms with Gasteiger partial charge in [0.1, 0.15) is 12.4 Å². The molecule has 0 unspecified atom stereocenters. The molecule has 0 aliphatic carbocycles. The summed E-state index contributed by atoms with van der Waals surface area (Å²) in [5.74, 6) is -0.691. The molecule has 0 radical (unpaired) electrons. The van der Waals surface area contributed by atoms with Gasteiger partial charge < -0.3 is 9.72 Å². The predicted octanol–water partition coefficient (Wildman–Crippen LogP) is 4.28. The maximum atomic E-state index is 12.8. The first-order valence-corrected chi connectivity index (χ1v) is 7.05. The van der Waals surface area contributed by atoms with Gasteiger partial charge in [0.2, 0.25) is 0 Å². The van der Waals surface area contributed by atoms with Crippen LogP contribution in [0.15, 0.2) is 42.5 Å². The number of H-pyrrole nitrogens is 1. The molecule has 22 heavy (non-hydrogen) atoms. The third-order valence-electron chi connectivity index (χ3n) is 3.83. The van der Waals surface area contributed by atoms with E-state index in [1.54, 1.807) is 18.2 Å². The van der Waals surface area contributed by atoms with Crippen molar-refractivity contribution in [2.75, 3.05) is 0 Å². The zero-order valence-corrected chi connectivity index (χ0v) is 12.4. The number of halogens is 1. The summed E-state index contributed by atoms with van der Waals surface area (Å²) in [4.78, 5) is 15.4. The average Bonchev–Trinajstić information content (AvgIpc) is 2.81. The Balaban J connectivity index is 1.77. The maximum Gasteiger partial charge on any atom is 0.338 e. The first-order chi connectivity index (χ1) is 10.5. The summed E-state index contributed by atoms with van der Waals surface area (Å²) in [5.41, 5.74) is 4.49. The van der Waals surface area contributed by atoms with Crippen LogP contribution in [0, 0.1) is 19.7 Å². The molecule has 112 valence electrons. The van der Waals surface area contributed by atoms with Crippen LogP contribution in [-0.4, -0.2) is 11.0 Å². The Morgan fingerprint density at radius 2 is 1.86 bits per heavy atom. The summed E-state index contributed by atoms with van der Waals surface area (Å²) in [6.07, 6.45) is 0. The van der Waals surface area contributed by atoms with Crippen molar-refractivity contribution in [1.82, 2.24) is 4.98 Å². The molecule has 4 heteroatoms. The lowest BCUT2D eigenvalue weighted by atomic mass is 10.1. The van der Waals surface area contributed by atoms with Crippen molar-refractivity contribution < 1.29 is 13.9 Å². The zero-order valence-electron chi connectivity index (χ0n) is 12.4. The van der Waals surface area contributed by atoms with Crippen molar-refractivity contribution in [3.05, 3.63) is 70.7 Å². The fourth-order valence-electron chi connectivity index (χ4n) is 2.40. The number of hydrogen-bond acceptors (Lipinski definition) is 2. The number of aromatic amines is 1. The Hall–Kier alpha value is -2.62. The molecule has 3 rings (SSSR count). The number of esters is 1. The van der Waals surface area contributed by atoms with Crippen LogP contribution in [0.3, 0.4) is 0 Å². The van der Waals surface area contributed by atoms with Gasteiger partial charge in [-0.1, -0.05) is 12.1 Å². The molecule has 2 aromatic carbocycles. The lowest BCUT2D eigenvalue weighted by Crippen LogP contribution is -2.05. The van der Waals surface area contributed by atoms with Crippen molar-refractivity contribution in [1.29, 1.82) is 0 Å². The fraction of sp³-hybridized carbons (Fsp3) is 0.167. The Bertz CT molecular complexity index is 834. The molecule has 0 spiro atoms. The molecule has 3 aromatic rings. The highest BCUT2D eigenvalue weighted by Gasteiger charge is 2.11. The van der Waals surface area contributed by atoms with Crippen molar-refractivity contribution in [2.24, 2.45) is 0 Å². The smallest absolute Gasteiger partial charge is 0.338 e. The normalized spacial score (nSPS) is 10.9. The van der Waals surface area contributed by atoms with Crippen LogP contribution >= 0.6 is 0 Å². The summed E-state index contributed by atoms with van der Waals surface area (Å²) < 4.78 is 18.1. The van der Waals surface area contributed by atoms with E-state index < -0.39 is 0 Å². The van der Waals surface area contributed by atoms with Gasteiger partial charge >= 0.3 is 5.97 Å². The van der Waals surface area contributed by atoms with Gasteiger partial charge in [-0.15, -0.1) is 0 Å². The van der Waals surface area contributed by atoms with E-state index in [2.05, 4.69) is 4.98 Å². The average molecular weight is 297 g/mol. The fourth-order valence-corrected chi connectivity index (χ4v) is 2.40. The molecule has 0 bridgehead atoms. The Kier molecular flexibility index (Phi) is 3.67. The van der Waals surface area contributed by atoms with Gasteiger partial charge in [0.05, 0.1) is 5.56 Å². The van der Waals surface area contributed by atoms with Crippen LogP contribution in [0.2, 0.25) is 0 Å². The number of benzene rings is 2. The molecular weight excluding hydrogens is 281 g/mol. The second-order valence-electron chi connectivity index (χ2n) is 5.34. The lowest BCUT2D eigenvalue weighted by molar-refractivity contribution is 0.0473. The number of rotatable bonds is 3. The van der Waals surface area contributed by atoms with Crippen LogP contribution in [0.25, 0.3) is 10.9 Å². The van der Waals surface area contributed by atoms with Gasteiger partial charge in [-0.2, -0.15) is 0 Å². The van der Waals surface area contributed by atoms with Crippen LogP contribution < -0.4 is 0 Å². The molecule has 0 saturated heterocycles. The van der Waals surface area contributed by atoms with Crippen molar-refractivity contribution in [3.63, 3.8) is 0 Å². The molecule has 0 aliphatic heterocycles. The van der Waals surface area contributed by atoms with E-state index in [1.165, 1.54) is 12.1 Å². The SMILES string of the molecule is Cc1[nH]c2ccc(C(=O)OCc3ccc(F)cc3)cc2c1C. The maximum absolute atomic E-state index is 12.8.